The van der Waals surface area contributed by atoms with Crippen molar-refractivity contribution in [1.29, 1.82) is 0 Å². The Bertz CT molecular complexity index is 287. The second-order valence-corrected chi connectivity index (χ2v) is 4.43. The van der Waals surface area contributed by atoms with Crippen LogP contribution in [0.2, 0.25) is 0 Å². The molecule has 0 unspecified atom stereocenters. The Morgan fingerprint density at radius 2 is 2.27 bits per heavy atom. The lowest BCUT2D eigenvalue weighted by Gasteiger charge is -2.12. The molecular weight excluding hydrogens is 186 g/mol. The number of aromatic nitrogens is 2. The molecule has 3 heteroatoms. The number of rotatable bonds is 5. The Morgan fingerprint density at radius 1 is 1.47 bits per heavy atom. The maximum Gasteiger partial charge on any atom is 0.122 e. The van der Waals surface area contributed by atoms with Gasteiger partial charge < -0.3 is 9.88 Å². The normalized spacial score (nSPS) is 17.4. The standard InChI is InChI=1S/C12H21N3/c1-2-13-9-12-14-7-8-15(12)10-11-5-3-4-6-11/h7-8,11,13H,2-6,9-10H2,1H3. The van der Waals surface area contributed by atoms with E-state index >= 15 is 0 Å². The van der Waals surface area contributed by atoms with Gasteiger partial charge in [-0.25, -0.2) is 4.98 Å². The van der Waals surface area contributed by atoms with Crippen LogP contribution in [0.25, 0.3) is 0 Å². The molecule has 1 N–H and O–H groups in total. The van der Waals surface area contributed by atoms with Gasteiger partial charge in [-0.3, -0.25) is 0 Å². The highest BCUT2D eigenvalue weighted by molar-refractivity contribution is 4.92. The Hall–Kier alpha value is -0.830. The molecule has 0 aromatic carbocycles. The van der Waals surface area contributed by atoms with E-state index in [1.165, 1.54) is 38.1 Å². The molecule has 0 atom stereocenters. The second-order valence-electron chi connectivity index (χ2n) is 4.43. The minimum absolute atomic E-state index is 0.888. The van der Waals surface area contributed by atoms with Crippen molar-refractivity contribution in [3.05, 3.63) is 18.2 Å². The molecular formula is C12H21N3. The van der Waals surface area contributed by atoms with Crippen molar-refractivity contribution in [2.45, 2.75) is 45.7 Å². The molecule has 1 aliphatic rings. The average molecular weight is 207 g/mol. The molecule has 0 saturated heterocycles. The van der Waals surface area contributed by atoms with Gasteiger partial charge in [-0.05, 0) is 25.3 Å². The van der Waals surface area contributed by atoms with Gasteiger partial charge in [0.2, 0.25) is 0 Å². The summed E-state index contributed by atoms with van der Waals surface area (Å²) in [6, 6.07) is 0. The molecule has 1 aromatic rings. The average Bonchev–Trinajstić information content (AvgIpc) is 2.87. The van der Waals surface area contributed by atoms with E-state index in [9.17, 15) is 0 Å². The van der Waals surface area contributed by atoms with E-state index in [0.29, 0.717) is 0 Å². The van der Waals surface area contributed by atoms with Gasteiger partial charge in [0.25, 0.3) is 0 Å². The van der Waals surface area contributed by atoms with E-state index in [0.717, 1.165) is 19.0 Å². The molecule has 0 amide bonds. The van der Waals surface area contributed by atoms with Crippen LogP contribution in [0.1, 0.15) is 38.4 Å². The molecule has 2 rings (SSSR count). The first kappa shape index (κ1) is 10.7. The lowest BCUT2D eigenvalue weighted by Crippen LogP contribution is -2.18. The molecule has 1 aromatic heterocycles. The third-order valence-electron chi connectivity index (χ3n) is 3.26. The van der Waals surface area contributed by atoms with Crippen LogP contribution in [-0.4, -0.2) is 16.1 Å². The van der Waals surface area contributed by atoms with Crippen LogP contribution in [0, 0.1) is 5.92 Å². The molecule has 1 aliphatic carbocycles. The highest BCUT2D eigenvalue weighted by Crippen LogP contribution is 2.26. The van der Waals surface area contributed by atoms with Gasteiger partial charge >= 0.3 is 0 Å². The Kier molecular flexibility index (Phi) is 3.78. The van der Waals surface area contributed by atoms with Crippen molar-refractivity contribution in [2.24, 2.45) is 5.92 Å². The van der Waals surface area contributed by atoms with Crippen molar-refractivity contribution < 1.29 is 0 Å². The van der Waals surface area contributed by atoms with Crippen molar-refractivity contribution in [2.75, 3.05) is 6.54 Å². The lowest BCUT2D eigenvalue weighted by atomic mass is 10.1. The molecule has 0 spiro atoms. The van der Waals surface area contributed by atoms with E-state index in [1.54, 1.807) is 0 Å². The Balaban J connectivity index is 1.91. The van der Waals surface area contributed by atoms with E-state index in [-0.39, 0.29) is 0 Å². The number of imidazole rings is 1. The van der Waals surface area contributed by atoms with Crippen LogP contribution in [0.5, 0.6) is 0 Å². The SMILES string of the molecule is CCNCc1nccn1CC1CCCC1. The largest absolute Gasteiger partial charge is 0.334 e. The molecule has 84 valence electrons. The molecule has 0 bridgehead atoms. The highest BCUT2D eigenvalue weighted by Gasteiger charge is 2.16. The smallest absolute Gasteiger partial charge is 0.122 e. The molecule has 1 heterocycles. The molecule has 0 aliphatic heterocycles. The van der Waals surface area contributed by atoms with Gasteiger partial charge in [0, 0.05) is 18.9 Å². The van der Waals surface area contributed by atoms with Crippen molar-refractivity contribution in [1.82, 2.24) is 14.9 Å². The predicted octanol–water partition coefficient (Wildman–Crippen LogP) is 2.18. The van der Waals surface area contributed by atoms with Gasteiger partial charge in [0.05, 0.1) is 6.54 Å². The van der Waals surface area contributed by atoms with Gasteiger partial charge in [-0.1, -0.05) is 19.8 Å². The number of hydrogen-bond acceptors (Lipinski definition) is 2. The van der Waals surface area contributed by atoms with E-state index < -0.39 is 0 Å². The minimum atomic E-state index is 0.888. The Morgan fingerprint density at radius 3 is 3.00 bits per heavy atom. The summed E-state index contributed by atoms with van der Waals surface area (Å²) in [4.78, 5) is 4.40. The number of nitrogens with zero attached hydrogens (tertiary/aromatic N) is 2. The first-order chi connectivity index (χ1) is 7.40. The fraction of sp³-hybridized carbons (Fsp3) is 0.750. The van der Waals surface area contributed by atoms with E-state index in [4.69, 9.17) is 0 Å². The first-order valence-corrected chi connectivity index (χ1v) is 6.11. The van der Waals surface area contributed by atoms with Gasteiger partial charge in [-0.2, -0.15) is 0 Å². The summed E-state index contributed by atoms with van der Waals surface area (Å²) in [5.74, 6) is 2.07. The van der Waals surface area contributed by atoms with Gasteiger partial charge in [0.1, 0.15) is 5.82 Å². The second kappa shape index (κ2) is 5.31. The van der Waals surface area contributed by atoms with Crippen LogP contribution in [0.15, 0.2) is 12.4 Å². The number of hydrogen-bond donors (Lipinski definition) is 1. The van der Waals surface area contributed by atoms with E-state index in [1.807, 2.05) is 6.20 Å². The van der Waals surface area contributed by atoms with Crippen LogP contribution in [0.4, 0.5) is 0 Å². The molecule has 3 nitrogen and oxygen atoms in total. The summed E-state index contributed by atoms with van der Waals surface area (Å²) < 4.78 is 2.32. The predicted molar refractivity (Wildman–Crippen MR) is 61.6 cm³/mol. The fourth-order valence-electron chi connectivity index (χ4n) is 2.38. The van der Waals surface area contributed by atoms with Crippen LogP contribution < -0.4 is 5.32 Å². The molecule has 1 fully saturated rings. The summed E-state index contributed by atoms with van der Waals surface area (Å²) >= 11 is 0. The fourth-order valence-corrected chi connectivity index (χ4v) is 2.38. The summed E-state index contributed by atoms with van der Waals surface area (Å²) in [5, 5.41) is 3.33. The third kappa shape index (κ3) is 2.81. The van der Waals surface area contributed by atoms with Crippen molar-refractivity contribution in [3.8, 4) is 0 Å². The van der Waals surface area contributed by atoms with Crippen molar-refractivity contribution >= 4 is 0 Å². The first-order valence-electron chi connectivity index (χ1n) is 6.11. The van der Waals surface area contributed by atoms with Crippen LogP contribution >= 0.6 is 0 Å². The van der Waals surface area contributed by atoms with E-state index in [2.05, 4.69) is 28.0 Å². The summed E-state index contributed by atoms with van der Waals surface area (Å²) in [6.45, 7) is 5.21. The maximum atomic E-state index is 4.40. The number of nitrogens with one attached hydrogen (secondary N) is 1. The Labute approximate surface area is 91.9 Å². The monoisotopic (exact) mass is 207 g/mol. The summed E-state index contributed by atoms with van der Waals surface area (Å²) in [5.41, 5.74) is 0. The zero-order valence-corrected chi connectivity index (χ0v) is 9.58. The summed E-state index contributed by atoms with van der Waals surface area (Å²) in [6.07, 6.45) is 9.67. The topological polar surface area (TPSA) is 29.9 Å². The lowest BCUT2D eigenvalue weighted by molar-refractivity contribution is 0.443. The molecule has 0 radical (unpaired) electrons. The minimum Gasteiger partial charge on any atom is -0.334 e. The maximum absolute atomic E-state index is 4.40. The summed E-state index contributed by atoms with van der Waals surface area (Å²) in [7, 11) is 0. The van der Waals surface area contributed by atoms with Gasteiger partial charge in [0.15, 0.2) is 0 Å². The zero-order valence-electron chi connectivity index (χ0n) is 9.58. The zero-order chi connectivity index (χ0) is 10.5. The quantitative estimate of drug-likeness (QED) is 0.802. The highest BCUT2D eigenvalue weighted by atomic mass is 15.1. The molecule has 1 saturated carbocycles. The van der Waals surface area contributed by atoms with Crippen molar-refractivity contribution in [3.63, 3.8) is 0 Å². The third-order valence-corrected chi connectivity index (χ3v) is 3.26. The van der Waals surface area contributed by atoms with Crippen LogP contribution in [0.3, 0.4) is 0 Å². The van der Waals surface area contributed by atoms with Crippen LogP contribution in [-0.2, 0) is 13.1 Å². The molecule has 15 heavy (non-hydrogen) atoms. The van der Waals surface area contributed by atoms with Gasteiger partial charge in [-0.15, -0.1) is 0 Å².